The summed E-state index contributed by atoms with van der Waals surface area (Å²) in [4.78, 5) is 28.7. The quantitative estimate of drug-likeness (QED) is 0.335. The highest BCUT2D eigenvalue weighted by Gasteiger charge is 2.44. The molecule has 1 N–H and O–H groups in total. The first kappa shape index (κ1) is 28.5. The van der Waals surface area contributed by atoms with E-state index in [-0.39, 0.29) is 64.0 Å². The number of carbonyl (C=O) groups is 1. The van der Waals surface area contributed by atoms with E-state index in [4.69, 9.17) is 16.6 Å². The van der Waals surface area contributed by atoms with Gasteiger partial charge in [-0.1, -0.05) is 24.2 Å². The zero-order valence-corrected chi connectivity index (χ0v) is 23.6. The van der Waals surface area contributed by atoms with E-state index in [0.29, 0.717) is 45.1 Å². The lowest BCUT2D eigenvalue weighted by molar-refractivity contribution is -0.128. The first-order valence-corrected chi connectivity index (χ1v) is 14.1. The molecule has 3 aliphatic rings. The topological polar surface area (TPSA) is 76.0 Å². The van der Waals surface area contributed by atoms with Gasteiger partial charge in [-0.05, 0) is 31.2 Å². The molecule has 0 saturated carbocycles. The van der Waals surface area contributed by atoms with Gasteiger partial charge in [0.1, 0.15) is 22.9 Å². The molecule has 1 atom stereocenters. The highest BCUT2D eigenvalue weighted by Crippen LogP contribution is 2.43. The summed E-state index contributed by atoms with van der Waals surface area (Å²) in [5, 5.41) is 10.5. The van der Waals surface area contributed by atoms with Gasteiger partial charge in [-0.2, -0.15) is 4.98 Å². The van der Waals surface area contributed by atoms with E-state index in [1.54, 1.807) is 14.7 Å². The van der Waals surface area contributed by atoms with E-state index < -0.39 is 23.3 Å². The molecule has 42 heavy (non-hydrogen) atoms. The van der Waals surface area contributed by atoms with Gasteiger partial charge in [0.2, 0.25) is 11.9 Å². The molecule has 3 saturated heterocycles. The number of fused-ring (bicyclic) bond motifs is 1. The van der Waals surface area contributed by atoms with Gasteiger partial charge >= 0.3 is 0 Å². The van der Waals surface area contributed by atoms with Crippen LogP contribution in [0.4, 0.5) is 29.3 Å². The number of hydrogen-bond donors (Lipinski definition) is 1. The minimum atomic E-state index is -2.71. The molecule has 0 aliphatic carbocycles. The smallest absolute Gasteiger partial charge is 0.261 e. The molecule has 0 bridgehead atoms. The summed E-state index contributed by atoms with van der Waals surface area (Å²) in [6.45, 7) is 7.35. The Bertz CT molecular complexity index is 1560. The fourth-order valence-corrected chi connectivity index (χ4v) is 6.35. The molecular formula is C29H29ClF4N6O2. The second-order valence-corrected chi connectivity index (χ2v) is 11.5. The monoisotopic (exact) mass is 604 g/mol. The van der Waals surface area contributed by atoms with Crippen LogP contribution in [0.3, 0.4) is 0 Å². The molecule has 0 radical (unpaired) electrons. The van der Waals surface area contributed by atoms with Crippen molar-refractivity contribution in [2.24, 2.45) is 0 Å². The van der Waals surface area contributed by atoms with Crippen LogP contribution >= 0.6 is 11.6 Å². The minimum Gasteiger partial charge on any atom is -0.507 e. The van der Waals surface area contributed by atoms with Crippen LogP contribution in [-0.4, -0.2) is 94.6 Å². The molecule has 8 nitrogen and oxygen atoms in total. The fraction of sp³-hybridized carbons (Fsp3) is 0.414. The van der Waals surface area contributed by atoms with Gasteiger partial charge in [0, 0.05) is 68.7 Å². The van der Waals surface area contributed by atoms with E-state index in [0.717, 1.165) is 6.07 Å². The number of piperazine rings is 1. The van der Waals surface area contributed by atoms with Gasteiger partial charge in [0.25, 0.3) is 5.92 Å². The number of amides is 1. The van der Waals surface area contributed by atoms with Crippen LogP contribution in [0, 0.1) is 11.6 Å². The van der Waals surface area contributed by atoms with Crippen LogP contribution < -0.4 is 9.80 Å². The summed E-state index contributed by atoms with van der Waals surface area (Å²) < 4.78 is 58.8. The van der Waals surface area contributed by atoms with E-state index in [1.807, 2.05) is 11.8 Å². The Morgan fingerprint density at radius 3 is 2.52 bits per heavy atom. The summed E-state index contributed by atoms with van der Waals surface area (Å²) in [5.74, 6) is -4.58. The Hall–Kier alpha value is -3.64. The Kier molecular flexibility index (Phi) is 7.17. The Morgan fingerprint density at radius 2 is 1.88 bits per heavy atom. The lowest BCUT2D eigenvalue weighted by Crippen LogP contribution is -2.60. The third-order valence-corrected chi connectivity index (χ3v) is 8.64. The number of carbonyl (C=O) groups excluding carboxylic acids is 1. The van der Waals surface area contributed by atoms with E-state index in [1.165, 1.54) is 24.3 Å². The molecule has 3 aromatic rings. The number of phenolic OH excluding ortho intramolecular Hbond substituents is 1. The van der Waals surface area contributed by atoms with Crippen LogP contribution in [0.15, 0.2) is 36.9 Å². The highest BCUT2D eigenvalue weighted by atomic mass is 35.5. The number of aromatic nitrogens is 2. The number of benzene rings is 2. The number of alkyl halides is 2. The zero-order valence-electron chi connectivity index (χ0n) is 22.8. The van der Waals surface area contributed by atoms with E-state index in [2.05, 4.69) is 11.6 Å². The number of hydrogen-bond acceptors (Lipinski definition) is 7. The second-order valence-electron chi connectivity index (χ2n) is 11.1. The van der Waals surface area contributed by atoms with Gasteiger partial charge in [-0.3, -0.25) is 9.69 Å². The molecule has 1 unspecified atom stereocenters. The minimum absolute atomic E-state index is 0.115. The third-order valence-electron chi connectivity index (χ3n) is 8.34. The molecule has 3 aliphatic heterocycles. The first-order chi connectivity index (χ1) is 20.0. The molecule has 1 aromatic heterocycles. The summed E-state index contributed by atoms with van der Waals surface area (Å²) in [7, 11) is 0. The number of anilines is 2. The van der Waals surface area contributed by atoms with Gasteiger partial charge in [-0.25, -0.2) is 22.5 Å². The molecule has 1 amide bonds. The average molecular weight is 605 g/mol. The normalized spacial score (nSPS) is 21.2. The Labute approximate surface area is 244 Å². The van der Waals surface area contributed by atoms with Crippen molar-refractivity contribution in [1.29, 1.82) is 0 Å². The van der Waals surface area contributed by atoms with Crippen molar-refractivity contribution in [1.82, 2.24) is 19.8 Å². The largest absolute Gasteiger partial charge is 0.507 e. The summed E-state index contributed by atoms with van der Waals surface area (Å²) in [6.07, 6.45) is 1.08. The number of phenols is 1. The number of likely N-dealkylation sites (tertiary alicyclic amines) is 1. The van der Waals surface area contributed by atoms with Crippen LogP contribution in [0.2, 0.25) is 5.02 Å². The highest BCUT2D eigenvalue weighted by molar-refractivity contribution is 6.34. The van der Waals surface area contributed by atoms with Crippen molar-refractivity contribution < 1.29 is 27.5 Å². The van der Waals surface area contributed by atoms with E-state index in [9.17, 15) is 23.1 Å². The van der Waals surface area contributed by atoms with Gasteiger partial charge in [0.15, 0.2) is 5.82 Å². The summed E-state index contributed by atoms with van der Waals surface area (Å²) >= 11 is 6.53. The Balaban J connectivity index is 1.42. The van der Waals surface area contributed by atoms with Crippen molar-refractivity contribution in [3.05, 3.63) is 53.6 Å². The van der Waals surface area contributed by atoms with Crippen molar-refractivity contribution in [3.8, 4) is 16.9 Å². The molecule has 2 aromatic carbocycles. The Morgan fingerprint density at radius 1 is 1.12 bits per heavy atom. The summed E-state index contributed by atoms with van der Waals surface area (Å²) in [5.41, 5.74) is -0.830. The number of nitrogens with zero attached hydrogens (tertiary/aromatic N) is 6. The van der Waals surface area contributed by atoms with Crippen LogP contribution in [0.5, 0.6) is 5.75 Å². The lowest BCUT2D eigenvalue weighted by atomic mass is 10.0. The number of rotatable bonds is 5. The maximum atomic E-state index is 16.3. The molecule has 0 spiro atoms. The zero-order chi connectivity index (χ0) is 29.9. The third kappa shape index (κ3) is 4.90. The van der Waals surface area contributed by atoms with Crippen LogP contribution in [0.1, 0.15) is 13.3 Å². The maximum absolute atomic E-state index is 16.3. The molecule has 4 heterocycles. The predicted molar refractivity (Wildman–Crippen MR) is 152 cm³/mol. The summed E-state index contributed by atoms with van der Waals surface area (Å²) in [6, 6.07) is 4.77. The first-order valence-electron chi connectivity index (χ1n) is 13.7. The lowest BCUT2D eigenvalue weighted by Gasteiger charge is -2.44. The number of halogens is 5. The second kappa shape index (κ2) is 10.6. The standard InChI is InChI=1S/C29H29ClF4N6O2/c1-3-22(42)40-10-9-37(12-16(40)2)27-18-11-19(30)23(24-20(31)5-4-6-21(24)41)25(32)26(18)35-28(36-27)39-13-17(14-39)38-8-7-29(33,34)15-38/h3-6,11,16-17,41H,1,7-10,12-15H2,2H3. The van der Waals surface area contributed by atoms with Crippen molar-refractivity contribution >= 4 is 40.2 Å². The average Bonchev–Trinajstić information content (AvgIpc) is 3.27. The van der Waals surface area contributed by atoms with Gasteiger partial charge in [-0.15, -0.1) is 0 Å². The predicted octanol–water partition coefficient (Wildman–Crippen LogP) is 4.69. The fourth-order valence-electron chi connectivity index (χ4n) is 6.06. The number of aromatic hydroxyl groups is 1. The van der Waals surface area contributed by atoms with Crippen LogP contribution in [-0.2, 0) is 4.79 Å². The van der Waals surface area contributed by atoms with Crippen molar-refractivity contribution in [2.45, 2.75) is 31.4 Å². The maximum Gasteiger partial charge on any atom is 0.261 e. The van der Waals surface area contributed by atoms with Crippen LogP contribution in [0.25, 0.3) is 22.0 Å². The molecule has 222 valence electrons. The SMILES string of the molecule is C=CC(=O)N1CCN(c2nc(N3CC(N4CCC(F)(F)C4)C3)nc3c(F)c(-c4c(O)cccc4F)c(Cl)cc23)CC1C. The molecule has 6 rings (SSSR count). The van der Waals surface area contributed by atoms with Gasteiger partial charge in [0.05, 0.1) is 17.1 Å². The van der Waals surface area contributed by atoms with E-state index >= 15 is 4.39 Å². The molecule has 13 heteroatoms. The van der Waals surface area contributed by atoms with Gasteiger partial charge < -0.3 is 19.8 Å². The molecule has 3 fully saturated rings. The van der Waals surface area contributed by atoms with Crippen molar-refractivity contribution in [3.63, 3.8) is 0 Å². The van der Waals surface area contributed by atoms with Crippen molar-refractivity contribution in [2.75, 3.05) is 55.6 Å². The molecular weight excluding hydrogens is 576 g/mol.